The minimum atomic E-state index is -0.606. The predicted molar refractivity (Wildman–Crippen MR) is 109 cm³/mol. The third kappa shape index (κ3) is 4.81. The number of aryl methyl sites for hydroxylation is 3. The second-order valence-corrected chi connectivity index (χ2v) is 8.16. The highest BCUT2D eigenvalue weighted by Gasteiger charge is 2.38. The number of amides is 1. The molecule has 1 amide bonds. The molecule has 0 saturated heterocycles. The van der Waals surface area contributed by atoms with Crippen molar-refractivity contribution in [3.05, 3.63) is 47.2 Å². The molecule has 164 valence electrons. The third-order valence-corrected chi connectivity index (χ3v) is 5.76. The first-order chi connectivity index (χ1) is 14.9. The minimum Gasteiger partial charge on any atom is -0.343 e. The Morgan fingerprint density at radius 2 is 1.87 bits per heavy atom. The second kappa shape index (κ2) is 8.95. The lowest BCUT2D eigenvalue weighted by atomic mass is 9.89. The normalized spacial score (nSPS) is 16.1. The van der Waals surface area contributed by atoms with Gasteiger partial charge in [0.05, 0.1) is 0 Å². The maximum atomic E-state index is 13.8. The van der Waals surface area contributed by atoms with Gasteiger partial charge in [-0.3, -0.25) is 4.79 Å². The monoisotopic (exact) mass is 427 g/mol. The van der Waals surface area contributed by atoms with Gasteiger partial charge in [0.25, 0.3) is 0 Å². The highest BCUT2D eigenvalue weighted by atomic mass is 19.1. The highest BCUT2D eigenvalue weighted by Crippen LogP contribution is 2.34. The quantitative estimate of drug-likeness (QED) is 0.588. The lowest BCUT2D eigenvalue weighted by molar-refractivity contribution is -0.123. The average molecular weight is 427 g/mol. The van der Waals surface area contributed by atoms with E-state index in [0.717, 1.165) is 38.5 Å². The van der Waals surface area contributed by atoms with E-state index in [1.165, 1.54) is 6.07 Å². The maximum absolute atomic E-state index is 13.8. The van der Waals surface area contributed by atoms with E-state index < -0.39 is 5.54 Å². The van der Waals surface area contributed by atoms with Crippen molar-refractivity contribution in [2.75, 3.05) is 0 Å². The Labute approximate surface area is 179 Å². The lowest BCUT2D eigenvalue weighted by Crippen LogP contribution is -2.46. The van der Waals surface area contributed by atoms with E-state index in [4.69, 9.17) is 9.05 Å². The number of hydrogen-bond donors (Lipinski definition) is 1. The summed E-state index contributed by atoms with van der Waals surface area (Å²) in [5.74, 6) is 1.20. The zero-order valence-corrected chi connectivity index (χ0v) is 17.8. The predicted octanol–water partition coefficient (Wildman–Crippen LogP) is 4.17. The molecule has 0 aliphatic heterocycles. The minimum absolute atomic E-state index is 0.134. The van der Waals surface area contributed by atoms with Crippen molar-refractivity contribution in [3.63, 3.8) is 0 Å². The first-order valence-corrected chi connectivity index (χ1v) is 10.7. The van der Waals surface area contributed by atoms with Gasteiger partial charge in [0.1, 0.15) is 11.4 Å². The summed E-state index contributed by atoms with van der Waals surface area (Å²) in [6.07, 6.45) is 6.26. The number of halogens is 1. The molecule has 0 atom stereocenters. The molecule has 1 N–H and O–H groups in total. The molecule has 0 bridgehead atoms. The Hall–Kier alpha value is -3.10. The molecule has 4 rings (SSSR count). The number of carbonyl (C=O) groups is 1. The van der Waals surface area contributed by atoms with Crippen LogP contribution >= 0.6 is 0 Å². The van der Waals surface area contributed by atoms with Crippen LogP contribution in [0, 0.1) is 19.7 Å². The number of aromatic nitrogens is 4. The Balaban J connectivity index is 1.42. The number of nitrogens with zero attached hydrogens (tertiary/aromatic N) is 4. The smallest absolute Gasteiger partial charge is 0.227 e. The third-order valence-electron chi connectivity index (χ3n) is 5.76. The number of carbonyl (C=O) groups excluding carboxylic acids is 1. The molecule has 0 spiro atoms. The van der Waals surface area contributed by atoms with Crippen molar-refractivity contribution < 1.29 is 18.2 Å². The second-order valence-electron chi connectivity index (χ2n) is 8.16. The molecule has 3 aromatic rings. The van der Waals surface area contributed by atoms with Crippen LogP contribution in [0.25, 0.3) is 11.4 Å². The van der Waals surface area contributed by atoms with Gasteiger partial charge < -0.3 is 14.4 Å². The first-order valence-electron chi connectivity index (χ1n) is 10.7. The molecular formula is C22H26FN5O3. The number of hydrogen-bond acceptors (Lipinski definition) is 7. The zero-order valence-electron chi connectivity index (χ0n) is 17.8. The van der Waals surface area contributed by atoms with Crippen molar-refractivity contribution in [3.8, 4) is 11.4 Å². The van der Waals surface area contributed by atoms with E-state index >= 15 is 0 Å². The van der Waals surface area contributed by atoms with Crippen LogP contribution in [0.4, 0.5) is 4.39 Å². The van der Waals surface area contributed by atoms with E-state index in [0.29, 0.717) is 34.6 Å². The molecule has 9 heteroatoms. The zero-order chi connectivity index (χ0) is 21.8. The Kier molecular flexibility index (Phi) is 6.11. The van der Waals surface area contributed by atoms with E-state index in [1.54, 1.807) is 26.0 Å². The molecule has 2 aromatic heterocycles. The molecule has 2 heterocycles. The van der Waals surface area contributed by atoms with Gasteiger partial charge in [-0.2, -0.15) is 9.97 Å². The van der Waals surface area contributed by atoms with Crippen molar-refractivity contribution in [2.45, 2.75) is 70.8 Å². The molecular weight excluding hydrogens is 401 g/mol. The number of rotatable bonds is 6. The molecule has 8 nitrogen and oxygen atoms in total. The van der Waals surface area contributed by atoms with Gasteiger partial charge in [-0.15, -0.1) is 0 Å². The van der Waals surface area contributed by atoms with Gasteiger partial charge >= 0.3 is 0 Å². The largest absolute Gasteiger partial charge is 0.343 e. The van der Waals surface area contributed by atoms with Crippen LogP contribution in [-0.4, -0.2) is 26.2 Å². The average Bonchev–Trinajstić information content (AvgIpc) is 3.34. The van der Waals surface area contributed by atoms with Crippen LogP contribution < -0.4 is 5.32 Å². The summed E-state index contributed by atoms with van der Waals surface area (Å²) in [6.45, 7) is 3.44. The van der Waals surface area contributed by atoms with E-state index in [1.807, 2.05) is 0 Å². The van der Waals surface area contributed by atoms with Crippen molar-refractivity contribution in [2.24, 2.45) is 0 Å². The van der Waals surface area contributed by atoms with Crippen molar-refractivity contribution in [1.82, 2.24) is 25.6 Å². The van der Waals surface area contributed by atoms with Gasteiger partial charge in [-0.05, 0) is 31.4 Å². The van der Waals surface area contributed by atoms with Crippen molar-refractivity contribution >= 4 is 5.91 Å². The van der Waals surface area contributed by atoms with E-state index in [-0.39, 0.29) is 24.6 Å². The maximum Gasteiger partial charge on any atom is 0.227 e. The van der Waals surface area contributed by atoms with Gasteiger partial charge in [0.15, 0.2) is 5.82 Å². The van der Waals surface area contributed by atoms with Gasteiger partial charge in [0.2, 0.25) is 23.5 Å². The summed E-state index contributed by atoms with van der Waals surface area (Å²) >= 11 is 0. The highest BCUT2D eigenvalue weighted by molar-refractivity contribution is 5.77. The molecule has 1 aliphatic rings. The molecule has 1 fully saturated rings. The number of nitrogens with one attached hydrogen (secondary N) is 1. The molecule has 0 unspecified atom stereocenters. The van der Waals surface area contributed by atoms with Crippen LogP contribution in [0.15, 0.2) is 27.2 Å². The first kappa shape index (κ1) is 21.1. The number of benzene rings is 1. The topological polar surface area (TPSA) is 107 Å². The molecule has 1 saturated carbocycles. The summed E-state index contributed by atoms with van der Waals surface area (Å²) in [5.41, 5.74) is 0.478. The van der Waals surface area contributed by atoms with Crippen LogP contribution in [0.1, 0.15) is 68.1 Å². The fourth-order valence-corrected chi connectivity index (χ4v) is 3.99. The lowest BCUT2D eigenvalue weighted by Gasteiger charge is -2.30. The molecule has 31 heavy (non-hydrogen) atoms. The van der Waals surface area contributed by atoms with Crippen LogP contribution in [0.5, 0.6) is 0 Å². The molecule has 0 radical (unpaired) electrons. The standard InChI is InChI=1S/C22H26FN5O3/c1-14-7-8-16(13-17(14)23)20-25-19(31-27-20)10-9-18(29)26-22(11-5-3-4-6-12-22)21-24-15(2)30-28-21/h7-8,13H,3-6,9-12H2,1-2H3,(H,26,29). The van der Waals surface area contributed by atoms with Crippen LogP contribution in [0.2, 0.25) is 0 Å². The van der Waals surface area contributed by atoms with Gasteiger partial charge in [0, 0.05) is 25.3 Å². The summed E-state index contributed by atoms with van der Waals surface area (Å²) in [7, 11) is 0. The summed E-state index contributed by atoms with van der Waals surface area (Å²) in [5, 5.41) is 11.2. The molecule has 1 aromatic carbocycles. The van der Waals surface area contributed by atoms with Crippen LogP contribution in [-0.2, 0) is 16.8 Å². The Morgan fingerprint density at radius 1 is 1.10 bits per heavy atom. The summed E-state index contributed by atoms with van der Waals surface area (Å²) < 4.78 is 24.2. The van der Waals surface area contributed by atoms with Crippen molar-refractivity contribution in [1.29, 1.82) is 0 Å². The molecule has 1 aliphatic carbocycles. The Morgan fingerprint density at radius 3 is 2.55 bits per heavy atom. The fourth-order valence-electron chi connectivity index (χ4n) is 3.99. The van der Waals surface area contributed by atoms with E-state index in [9.17, 15) is 9.18 Å². The summed E-state index contributed by atoms with van der Waals surface area (Å²) in [6, 6.07) is 4.78. The SMILES string of the molecule is Cc1nc(C2(NC(=O)CCc3nc(-c4ccc(C)c(F)c4)no3)CCCCCC2)no1. The van der Waals surface area contributed by atoms with E-state index in [2.05, 4.69) is 25.6 Å². The van der Waals surface area contributed by atoms with Crippen LogP contribution in [0.3, 0.4) is 0 Å². The Bertz CT molecular complexity index is 1050. The fraction of sp³-hybridized carbons (Fsp3) is 0.500. The summed E-state index contributed by atoms with van der Waals surface area (Å²) in [4.78, 5) is 21.5. The van der Waals surface area contributed by atoms with Gasteiger partial charge in [-0.1, -0.05) is 48.1 Å². The van der Waals surface area contributed by atoms with Gasteiger partial charge in [-0.25, -0.2) is 4.39 Å².